The monoisotopic (exact) mass is 325 g/mol. The molecule has 0 radical (unpaired) electrons. The molecular weight excluding hydrogens is 306 g/mol. The van der Waals surface area contributed by atoms with Gasteiger partial charge in [0.1, 0.15) is 5.75 Å². The van der Waals surface area contributed by atoms with Gasteiger partial charge in [0, 0.05) is 5.75 Å². The van der Waals surface area contributed by atoms with Crippen LogP contribution in [0, 0.1) is 0 Å². The summed E-state index contributed by atoms with van der Waals surface area (Å²) < 4.78 is 5.60. The molecule has 0 atom stereocenters. The molecule has 0 saturated carbocycles. The molecule has 0 saturated heterocycles. The third kappa shape index (κ3) is 4.60. The number of hydrogen-bond acceptors (Lipinski definition) is 4. The van der Waals surface area contributed by atoms with Gasteiger partial charge in [0.2, 0.25) is 0 Å². The van der Waals surface area contributed by atoms with E-state index < -0.39 is 0 Å². The fourth-order valence-electron chi connectivity index (χ4n) is 2.37. The van der Waals surface area contributed by atoms with E-state index in [-0.39, 0.29) is 0 Å². The molecule has 0 amide bonds. The summed E-state index contributed by atoms with van der Waals surface area (Å²) in [6.45, 7) is 0.805. The predicted molar refractivity (Wildman–Crippen MR) is 97.2 cm³/mol. The van der Waals surface area contributed by atoms with Crippen molar-refractivity contribution in [3.05, 3.63) is 65.2 Å². The van der Waals surface area contributed by atoms with Gasteiger partial charge in [-0.2, -0.15) is 5.10 Å². The summed E-state index contributed by atoms with van der Waals surface area (Å²) in [5, 5.41) is 8.59. The molecule has 0 aromatic heterocycles. The standard InChI is InChI=1S/C18H19N3OS/c19-18(23-13-14-5-2-1-3-6-14)21-20-12-15-8-9-17-16(11-15)7-4-10-22-17/h1-3,5-6,8-9,11-12H,4,7,10,13H2,(H2,19,21). The lowest BCUT2D eigenvalue weighted by molar-refractivity contribution is 0.288. The average molecular weight is 325 g/mol. The van der Waals surface area contributed by atoms with Crippen LogP contribution in [0.1, 0.15) is 23.1 Å². The van der Waals surface area contributed by atoms with Crippen molar-refractivity contribution < 1.29 is 4.74 Å². The molecule has 5 heteroatoms. The third-order valence-corrected chi connectivity index (χ3v) is 4.38. The van der Waals surface area contributed by atoms with Crippen molar-refractivity contribution in [1.29, 1.82) is 0 Å². The summed E-state index contributed by atoms with van der Waals surface area (Å²) in [5.74, 6) is 1.77. The number of ether oxygens (including phenoxy) is 1. The number of fused-ring (bicyclic) bond motifs is 1. The van der Waals surface area contributed by atoms with E-state index in [2.05, 4.69) is 28.4 Å². The van der Waals surface area contributed by atoms with E-state index in [1.165, 1.54) is 22.9 Å². The van der Waals surface area contributed by atoms with E-state index in [0.717, 1.165) is 36.5 Å². The minimum atomic E-state index is 0.464. The van der Waals surface area contributed by atoms with Gasteiger partial charge in [0.15, 0.2) is 5.17 Å². The van der Waals surface area contributed by atoms with E-state index in [1.807, 2.05) is 30.3 Å². The van der Waals surface area contributed by atoms with Gasteiger partial charge in [0.05, 0.1) is 12.8 Å². The molecule has 1 aliphatic rings. The maximum absolute atomic E-state index is 5.88. The lowest BCUT2D eigenvalue weighted by Crippen LogP contribution is -2.08. The number of thioether (sulfide) groups is 1. The van der Waals surface area contributed by atoms with Crippen LogP contribution in [0.3, 0.4) is 0 Å². The van der Waals surface area contributed by atoms with Gasteiger partial charge in [-0.25, -0.2) is 0 Å². The number of rotatable bonds is 4. The van der Waals surface area contributed by atoms with Crippen molar-refractivity contribution in [2.45, 2.75) is 18.6 Å². The highest BCUT2D eigenvalue weighted by atomic mass is 32.2. The summed E-state index contributed by atoms with van der Waals surface area (Å²) in [4.78, 5) is 0. The van der Waals surface area contributed by atoms with Gasteiger partial charge >= 0.3 is 0 Å². The van der Waals surface area contributed by atoms with Gasteiger partial charge in [0.25, 0.3) is 0 Å². The van der Waals surface area contributed by atoms with E-state index in [9.17, 15) is 0 Å². The zero-order valence-electron chi connectivity index (χ0n) is 12.8. The largest absolute Gasteiger partial charge is 0.493 e. The minimum Gasteiger partial charge on any atom is -0.493 e. The Bertz CT molecular complexity index is 713. The SMILES string of the molecule is NC(=NN=Cc1ccc2c(c1)CCCO2)SCc1ccccc1. The second-order valence-electron chi connectivity index (χ2n) is 5.28. The third-order valence-electron chi connectivity index (χ3n) is 3.53. The molecule has 0 bridgehead atoms. The molecule has 0 fully saturated rings. The Balaban J connectivity index is 1.57. The molecule has 1 aliphatic heterocycles. The van der Waals surface area contributed by atoms with Gasteiger partial charge in [-0.3, -0.25) is 0 Å². The zero-order valence-corrected chi connectivity index (χ0v) is 13.6. The van der Waals surface area contributed by atoms with E-state index in [4.69, 9.17) is 10.5 Å². The smallest absolute Gasteiger partial charge is 0.180 e. The van der Waals surface area contributed by atoms with Crippen LogP contribution in [0.15, 0.2) is 58.7 Å². The van der Waals surface area contributed by atoms with Crippen LogP contribution in [0.2, 0.25) is 0 Å². The molecule has 0 aliphatic carbocycles. The maximum atomic E-state index is 5.88. The van der Waals surface area contributed by atoms with Crippen molar-refractivity contribution in [2.24, 2.45) is 15.9 Å². The Morgan fingerprint density at radius 1 is 1.22 bits per heavy atom. The van der Waals surface area contributed by atoms with Crippen LogP contribution in [0.25, 0.3) is 0 Å². The highest BCUT2D eigenvalue weighted by Gasteiger charge is 2.09. The molecule has 23 heavy (non-hydrogen) atoms. The van der Waals surface area contributed by atoms with Crippen LogP contribution in [-0.2, 0) is 12.2 Å². The fraction of sp³-hybridized carbons (Fsp3) is 0.222. The first kappa shape index (κ1) is 15.6. The maximum Gasteiger partial charge on any atom is 0.180 e. The summed E-state index contributed by atoms with van der Waals surface area (Å²) in [6.07, 6.45) is 3.84. The first-order valence-electron chi connectivity index (χ1n) is 7.60. The van der Waals surface area contributed by atoms with Gasteiger partial charge in [-0.05, 0) is 47.7 Å². The normalized spacial score (nSPS) is 14.5. The number of aryl methyl sites for hydroxylation is 1. The Morgan fingerprint density at radius 2 is 2.09 bits per heavy atom. The van der Waals surface area contributed by atoms with Crippen LogP contribution in [-0.4, -0.2) is 18.0 Å². The molecule has 4 nitrogen and oxygen atoms in total. The first-order chi connectivity index (χ1) is 11.3. The minimum absolute atomic E-state index is 0.464. The van der Waals surface area contributed by atoms with Gasteiger partial charge < -0.3 is 10.5 Å². The fourth-order valence-corrected chi connectivity index (χ4v) is 2.99. The lowest BCUT2D eigenvalue weighted by atomic mass is 10.0. The van der Waals surface area contributed by atoms with Crippen LogP contribution in [0.4, 0.5) is 0 Å². The van der Waals surface area contributed by atoms with Crippen molar-refractivity contribution in [3.63, 3.8) is 0 Å². The Labute approximate surface area is 140 Å². The van der Waals surface area contributed by atoms with Crippen molar-refractivity contribution in [2.75, 3.05) is 6.61 Å². The molecule has 0 unspecified atom stereocenters. The molecule has 0 spiro atoms. The second kappa shape index (κ2) is 7.83. The van der Waals surface area contributed by atoms with Crippen LogP contribution >= 0.6 is 11.8 Å². The van der Waals surface area contributed by atoms with Crippen LogP contribution < -0.4 is 10.5 Å². The molecule has 2 aromatic rings. The quantitative estimate of drug-likeness (QED) is 0.531. The Kier molecular flexibility index (Phi) is 5.32. The van der Waals surface area contributed by atoms with Crippen molar-refractivity contribution in [3.8, 4) is 5.75 Å². The first-order valence-corrected chi connectivity index (χ1v) is 8.59. The average Bonchev–Trinajstić information content (AvgIpc) is 2.61. The number of amidine groups is 1. The Hall–Kier alpha value is -2.27. The molecule has 2 N–H and O–H groups in total. The molecule has 118 valence electrons. The Morgan fingerprint density at radius 3 is 2.96 bits per heavy atom. The highest BCUT2D eigenvalue weighted by molar-refractivity contribution is 8.13. The molecule has 1 heterocycles. The number of nitrogens with zero attached hydrogens (tertiary/aromatic N) is 2. The van der Waals surface area contributed by atoms with E-state index in [1.54, 1.807) is 6.21 Å². The zero-order chi connectivity index (χ0) is 15.9. The van der Waals surface area contributed by atoms with Gasteiger partial charge in [-0.15, -0.1) is 5.10 Å². The number of hydrogen-bond donors (Lipinski definition) is 1. The summed E-state index contributed by atoms with van der Waals surface area (Å²) in [7, 11) is 0. The number of benzene rings is 2. The van der Waals surface area contributed by atoms with Gasteiger partial charge in [-0.1, -0.05) is 42.1 Å². The highest BCUT2D eigenvalue weighted by Crippen LogP contribution is 2.25. The lowest BCUT2D eigenvalue weighted by Gasteiger charge is -2.16. The van der Waals surface area contributed by atoms with Crippen LogP contribution in [0.5, 0.6) is 5.75 Å². The predicted octanol–water partition coefficient (Wildman–Crippen LogP) is 3.59. The van der Waals surface area contributed by atoms with Crippen molar-refractivity contribution in [1.82, 2.24) is 0 Å². The van der Waals surface area contributed by atoms with Crippen molar-refractivity contribution >= 4 is 23.1 Å². The topological polar surface area (TPSA) is 60.0 Å². The number of nitrogens with two attached hydrogens (primary N) is 1. The molecular formula is C18H19N3OS. The van der Waals surface area contributed by atoms with E-state index >= 15 is 0 Å². The molecule has 2 aromatic carbocycles. The molecule has 3 rings (SSSR count). The summed E-state index contributed by atoms with van der Waals surface area (Å²) in [6, 6.07) is 16.2. The summed E-state index contributed by atoms with van der Waals surface area (Å²) >= 11 is 1.48. The summed E-state index contributed by atoms with van der Waals surface area (Å²) in [5.41, 5.74) is 9.34. The van der Waals surface area contributed by atoms with E-state index in [0.29, 0.717) is 5.17 Å². The second-order valence-corrected chi connectivity index (χ2v) is 6.27.